The fourth-order valence-corrected chi connectivity index (χ4v) is 2.01. The molecule has 0 aliphatic carbocycles. The van der Waals surface area contributed by atoms with Crippen LogP contribution in [0.1, 0.15) is 32.8 Å². The van der Waals surface area contributed by atoms with Gasteiger partial charge in [0.15, 0.2) is 0 Å². The van der Waals surface area contributed by atoms with Crippen LogP contribution < -0.4 is 0 Å². The van der Waals surface area contributed by atoms with Gasteiger partial charge in [0.05, 0.1) is 6.10 Å². The van der Waals surface area contributed by atoms with E-state index >= 15 is 0 Å². The fourth-order valence-electron chi connectivity index (χ4n) is 2.01. The van der Waals surface area contributed by atoms with Crippen molar-refractivity contribution in [1.82, 2.24) is 0 Å². The zero-order valence-electron chi connectivity index (χ0n) is 9.98. The molecule has 1 rings (SSSR count). The Morgan fingerprint density at radius 3 is 2.20 bits per heavy atom. The van der Waals surface area contributed by atoms with Gasteiger partial charge < -0.3 is 5.11 Å². The molecule has 0 bridgehead atoms. The minimum atomic E-state index is -0.176. The minimum absolute atomic E-state index is 0.176. The summed E-state index contributed by atoms with van der Waals surface area (Å²) in [5, 5.41) is 9.95. The van der Waals surface area contributed by atoms with E-state index in [0.29, 0.717) is 11.8 Å². The highest BCUT2D eigenvalue weighted by molar-refractivity contribution is 5.15. The maximum absolute atomic E-state index is 9.95. The monoisotopic (exact) mass is 206 g/mol. The molecule has 1 aromatic carbocycles. The molecule has 1 nitrogen and oxygen atoms in total. The first-order valence-electron chi connectivity index (χ1n) is 5.87. The SMILES string of the molecule is CC[C@@H](O)[C@H](Cc1ccccc1)C(C)C. The number of hydrogen-bond acceptors (Lipinski definition) is 1. The fraction of sp³-hybridized carbons (Fsp3) is 0.571. The quantitative estimate of drug-likeness (QED) is 0.784. The Kier molecular flexibility index (Phi) is 4.83. The number of benzene rings is 1. The minimum Gasteiger partial charge on any atom is -0.393 e. The standard InChI is InChI=1S/C14H22O/c1-4-14(15)13(11(2)3)10-12-8-6-5-7-9-12/h5-9,11,13-15H,4,10H2,1-3H3/t13-,14-/m1/s1. The largest absolute Gasteiger partial charge is 0.393 e. The highest BCUT2D eigenvalue weighted by Crippen LogP contribution is 2.22. The van der Waals surface area contributed by atoms with Crippen LogP contribution in [-0.4, -0.2) is 11.2 Å². The highest BCUT2D eigenvalue weighted by atomic mass is 16.3. The summed E-state index contributed by atoms with van der Waals surface area (Å²) in [6.07, 6.45) is 1.65. The summed E-state index contributed by atoms with van der Waals surface area (Å²) >= 11 is 0. The van der Waals surface area contributed by atoms with Crippen molar-refractivity contribution in [2.24, 2.45) is 11.8 Å². The van der Waals surface area contributed by atoms with Gasteiger partial charge in [0.1, 0.15) is 0 Å². The third-order valence-corrected chi connectivity index (χ3v) is 3.08. The second-order valence-corrected chi connectivity index (χ2v) is 4.57. The summed E-state index contributed by atoms with van der Waals surface area (Å²) in [6.45, 7) is 6.42. The van der Waals surface area contributed by atoms with E-state index in [4.69, 9.17) is 0 Å². The Bertz CT molecular complexity index is 266. The van der Waals surface area contributed by atoms with Crippen molar-refractivity contribution >= 4 is 0 Å². The zero-order valence-corrected chi connectivity index (χ0v) is 9.98. The van der Waals surface area contributed by atoms with Gasteiger partial charge in [0.25, 0.3) is 0 Å². The van der Waals surface area contributed by atoms with Crippen LogP contribution >= 0.6 is 0 Å². The van der Waals surface area contributed by atoms with Crippen molar-refractivity contribution in [3.05, 3.63) is 35.9 Å². The van der Waals surface area contributed by atoms with Crippen LogP contribution in [-0.2, 0) is 6.42 Å². The van der Waals surface area contributed by atoms with Crippen LogP contribution in [0.2, 0.25) is 0 Å². The van der Waals surface area contributed by atoms with Crippen molar-refractivity contribution in [3.63, 3.8) is 0 Å². The van der Waals surface area contributed by atoms with Crippen molar-refractivity contribution in [2.75, 3.05) is 0 Å². The molecule has 2 atom stereocenters. The van der Waals surface area contributed by atoms with Crippen LogP contribution in [0, 0.1) is 11.8 Å². The predicted octanol–water partition coefficient (Wildman–Crippen LogP) is 3.27. The molecule has 0 unspecified atom stereocenters. The van der Waals surface area contributed by atoms with Gasteiger partial charge in [0, 0.05) is 0 Å². The van der Waals surface area contributed by atoms with Crippen LogP contribution in [0.25, 0.3) is 0 Å². The Hall–Kier alpha value is -0.820. The topological polar surface area (TPSA) is 20.2 Å². The molecule has 0 spiro atoms. The Morgan fingerprint density at radius 2 is 1.73 bits per heavy atom. The Morgan fingerprint density at radius 1 is 1.13 bits per heavy atom. The average Bonchev–Trinajstić information content (AvgIpc) is 2.26. The van der Waals surface area contributed by atoms with Gasteiger partial charge in [-0.2, -0.15) is 0 Å². The van der Waals surface area contributed by atoms with Gasteiger partial charge in [-0.05, 0) is 30.2 Å². The average molecular weight is 206 g/mol. The van der Waals surface area contributed by atoms with Gasteiger partial charge in [-0.15, -0.1) is 0 Å². The molecule has 0 aromatic heterocycles. The lowest BCUT2D eigenvalue weighted by molar-refractivity contribution is 0.0780. The lowest BCUT2D eigenvalue weighted by Gasteiger charge is -2.25. The van der Waals surface area contributed by atoms with Crippen LogP contribution in [0.15, 0.2) is 30.3 Å². The van der Waals surface area contributed by atoms with E-state index in [0.717, 1.165) is 12.8 Å². The van der Waals surface area contributed by atoms with Gasteiger partial charge in [-0.1, -0.05) is 51.1 Å². The van der Waals surface area contributed by atoms with Crippen LogP contribution in [0.4, 0.5) is 0 Å². The molecule has 15 heavy (non-hydrogen) atoms. The first kappa shape index (κ1) is 12.3. The molecule has 0 radical (unpaired) electrons. The zero-order chi connectivity index (χ0) is 11.3. The summed E-state index contributed by atoms with van der Waals surface area (Å²) in [5.74, 6) is 0.901. The molecule has 84 valence electrons. The normalized spacial score (nSPS) is 15.3. The van der Waals surface area contributed by atoms with Crippen molar-refractivity contribution in [3.8, 4) is 0 Å². The van der Waals surface area contributed by atoms with E-state index in [1.807, 2.05) is 13.0 Å². The van der Waals surface area contributed by atoms with Crippen LogP contribution in [0.5, 0.6) is 0 Å². The second kappa shape index (κ2) is 5.92. The molecule has 1 aromatic rings. The summed E-state index contributed by atoms with van der Waals surface area (Å²) in [4.78, 5) is 0. The van der Waals surface area contributed by atoms with E-state index in [1.165, 1.54) is 5.56 Å². The summed E-state index contributed by atoms with van der Waals surface area (Å²) in [5.41, 5.74) is 1.32. The molecule has 0 amide bonds. The van der Waals surface area contributed by atoms with E-state index in [2.05, 4.69) is 38.1 Å². The van der Waals surface area contributed by atoms with Crippen molar-refractivity contribution in [2.45, 2.75) is 39.7 Å². The van der Waals surface area contributed by atoms with Gasteiger partial charge in [-0.25, -0.2) is 0 Å². The third-order valence-electron chi connectivity index (χ3n) is 3.08. The summed E-state index contributed by atoms with van der Waals surface area (Å²) in [7, 11) is 0. The number of hydrogen-bond donors (Lipinski definition) is 1. The molecule has 1 N–H and O–H groups in total. The molecule has 0 heterocycles. The van der Waals surface area contributed by atoms with Gasteiger partial charge in [-0.3, -0.25) is 0 Å². The number of rotatable bonds is 5. The van der Waals surface area contributed by atoms with Crippen molar-refractivity contribution in [1.29, 1.82) is 0 Å². The lowest BCUT2D eigenvalue weighted by atomic mass is 9.84. The van der Waals surface area contributed by atoms with E-state index in [-0.39, 0.29) is 6.10 Å². The molecule has 0 aliphatic rings. The number of aliphatic hydroxyl groups is 1. The summed E-state index contributed by atoms with van der Waals surface area (Å²) in [6, 6.07) is 10.4. The highest BCUT2D eigenvalue weighted by Gasteiger charge is 2.21. The molecule has 1 heteroatoms. The molecule has 0 saturated carbocycles. The lowest BCUT2D eigenvalue weighted by Crippen LogP contribution is -2.26. The first-order valence-corrected chi connectivity index (χ1v) is 5.87. The molecular formula is C14H22O. The smallest absolute Gasteiger partial charge is 0.0571 e. The van der Waals surface area contributed by atoms with E-state index in [1.54, 1.807) is 0 Å². The molecule has 0 fully saturated rings. The summed E-state index contributed by atoms with van der Waals surface area (Å²) < 4.78 is 0. The third kappa shape index (κ3) is 3.67. The van der Waals surface area contributed by atoms with Crippen molar-refractivity contribution < 1.29 is 5.11 Å². The van der Waals surface area contributed by atoms with E-state index in [9.17, 15) is 5.11 Å². The molecular weight excluding hydrogens is 184 g/mol. The first-order chi connectivity index (χ1) is 7.15. The Labute approximate surface area is 93.1 Å². The molecule has 0 aliphatic heterocycles. The van der Waals surface area contributed by atoms with E-state index < -0.39 is 0 Å². The van der Waals surface area contributed by atoms with Gasteiger partial charge in [0.2, 0.25) is 0 Å². The van der Waals surface area contributed by atoms with Crippen LogP contribution in [0.3, 0.4) is 0 Å². The maximum atomic E-state index is 9.95. The number of aliphatic hydroxyl groups excluding tert-OH is 1. The van der Waals surface area contributed by atoms with Gasteiger partial charge >= 0.3 is 0 Å². The Balaban J connectivity index is 2.67. The maximum Gasteiger partial charge on any atom is 0.0571 e. The molecule has 0 saturated heterocycles. The predicted molar refractivity (Wildman–Crippen MR) is 64.8 cm³/mol. The second-order valence-electron chi connectivity index (χ2n) is 4.57.